The van der Waals surface area contributed by atoms with Crippen molar-refractivity contribution in [2.75, 3.05) is 24.3 Å². The van der Waals surface area contributed by atoms with Crippen molar-refractivity contribution in [1.82, 2.24) is 10.2 Å². The standard InChI is InChI=1S/C26H26N4O3S/c1-4-30-16(2)22(24(31)33-3)23(29-26(30)34)18-12-14-19(15-13-18)27-25(32)28-21-11-7-9-17-8-5-6-10-20(17)21/h5-15,23H,4H2,1-3H3,(H,29,34)(H2,27,28,32)/t23-/m0/s1. The number of allylic oxidation sites excluding steroid dienone is 1. The Morgan fingerprint density at radius 3 is 2.44 bits per heavy atom. The highest BCUT2D eigenvalue weighted by Gasteiger charge is 2.33. The number of anilines is 2. The van der Waals surface area contributed by atoms with E-state index < -0.39 is 12.0 Å². The van der Waals surface area contributed by atoms with Gasteiger partial charge in [-0.15, -0.1) is 0 Å². The molecule has 1 aliphatic heterocycles. The van der Waals surface area contributed by atoms with Crippen molar-refractivity contribution >= 4 is 51.5 Å². The minimum atomic E-state index is -0.443. The summed E-state index contributed by atoms with van der Waals surface area (Å²) in [4.78, 5) is 27.0. The van der Waals surface area contributed by atoms with Gasteiger partial charge in [-0.3, -0.25) is 0 Å². The minimum Gasteiger partial charge on any atom is -0.466 e. The summed E-state index contributed by atoms with van der Waals surface area (Å²) >= 11 is 5.50. The molecular weight excluding hydrogens is 448 g/mol. The smallest absolute Gasteiger partial charge is 0.337 e. The molecule has 0 aromatic heterocycles. The molecule has 0 saturated heterocycles. The zero-order chi connectivity index (χ0) is 24.2. The third-order valence-corrected chi connectivity index (χ3v) is 6.20. The lowest BCUT2D eigenvalue weighted by Crippen LogP contribution is -2.47. The quantitative estimate of drug-likeness (QED) is 0.349. The molecule has 4 rings (SSSR count). The molecule has 1 atom stereocenters. The van der Waals surface area contributed by atoms with Crippen LogP contribution in [0.3, 0.4) is 0 Å². The van der Waals surface area contributed by atoms with Gasteiger partial charge in [-0.1, -0.05) is 48.5 Å². The Morgan fingerprint density at radius 1 is 1.03 bits per heavy atom. The number of esters is 1. The maximum atomic E-state index is 12.6. The summed E-state index contributed by atoms with van der Waals surface area (Å²) in [6.07, 6.45) is 0. The zero-order valence-electron chi connectivity index (χ0n) is 19.2. The van der Waals surface area contributed by atoms with Crippen molar-refractivity contribution in [3.63, 3.8) is 0 Å². The van der Waals surface area contributed by atoms with E-state index in [0.29, 0.717) is 22.9 Å². The van der Waals surface area contributed by atoms with Crippen molar-refractivity contribution < 1.29 is 14.3 Å². The van der Waals surface area contributed by atoms with Gasteiger partial charge >= 0.3 is 12.0 Å². The molecule has 8 heteroatoms. The number of nitrogens with zero attached hydrogens (tertiary/aromatic N) is 1. The first-order valence-corrected chi connectivity index (χ1v) is 11.4. The predicted octanol–water partition coefficient (Wildman–Crippen LogP) is 5.18. The average Bonchev–Trinajstić information content (AvgIpc) is 2.84. The average molecular weight is 475 g/mol. The second-order valence-electron chi connectivity index (χ2n) is 7.85. The van der Waals surface area contributed by atoms with Gasteiger partial charge in [0, 0.05) is 23.3 Å². The van der Waals surface area contributed by atoms with Gasteiger partial charge in [0.15, 0.2) is 5.11 Å². The molecule has 3 aromatic carbocycles. The highest BCUT2D eigenvalue weighted by atomic mass is 32.1. The van der Waals surface area contributed by atoms with Gasteiger partial charge in [0.25, 0.3) is 0 Å². The van der Waals surface area contributed by atoms with Crippen molar-refractivity contribution in [3.8, 4) is 0 Å². The predicted molar refractivity (Wildman–Crippen MR) is 139 cm³/mol. The SMILES string of the molecule is CCN1C(=S)N[C@@H](c2ccc(NC(=O)Nc3cccc4ccccc34)cc2)C(C(=O)OC)=C1C. The first-order chi connectivity index (χ1) is 16.4. The van der Waals surface area contributed by atoms with Crippen LogP contribution in [-0.2, 0) is 9.53 Å². The number of hydrogen-bond acceptors (Lipinski definition) is 4. The second kappa shape index (κ2) is 9.93. The number of carbonyl (C=O) groups is 2. The number of methoxy groups -OCH3 is 1. The number of urea groups is 1. The summed E-state index contributed by atoms with van der Waals surface area (Å²) in [5.74, 6) is -0.410. The number of ether oxygens (including phenoxy) is 1. The summed E-state index contributed by atoms with van der Waals surface area (Å²) in [5.41, 5.74) is 3.45. The molecule has 0 unspecified atom stereocenters. The zero-order valence-corrected chi connectivity index (χ0v) is 20.0. The summed E-state index contributed by atoms with van der Waals surface area (Å²) in [6, 6.07) is 20.1. The number of carbonyl (C=O) groups excluding carboxylic acids is 2. The molecule has 34 heavy (non-hydrogen) atoms. The molecule has 174 valence electrons. The number of rotatable bonds is 5. The van der Waals surface area contributed by atoms with Crippen LogP contribution in [0.25, 0.3) is 10.8 Å². The van der Waals surface area contributed by atoms with Gasteiger partial charge in [-0.25, -0.2) is 9.59 Å². The largest absolute Gasteiger partial charge is 0.466 e. The van der Waals surface area contributed by atoms with Gasteiger partial charge in [0.05, 0.1) is 24.4 Å². The van der Waals surface area contributed by atoms with Gasteiger partial charge in [-0.05, 0) is 55.2 Å². The van der Waals surface area contributed by atoms with E-state index in [-0.39, 0.29) is 6.03 Å². The van der Waals surface area contributed by atoms with Crippen molar-refractivity contribution in [3.05, 3.63) is 83.6 Å². The van der Waals surface area contributed by atoms with Gasteiger partial charge in [0.1, 0.15) is 0 Å². The number of hydrogen-bond donors (Lipinski definition) is 3. The van der Waals surface area contributed by atoms with Crippen molar-refractivity contribution in [2.45, 2.75) is 19.9 Å². The molecule has 2 amide bonds. The summed E-state index contributed by atoms with van der Waals surface area (Å²) in [7, 11) is 1.37. The second-order valence-corrected chi connectivity index (χ2v) is 8.23. The molecule has 0 bridgehead atoms. The van der Waals surface area contributed by atoms with E-state index >= 15 is 0 Å². The lowest BCUT2D eigenvalue weighted by atomic mass is 9.95. The Hall–Kier alpha value is -3.91. The normalized spacial score (nSPS) is 15.7. The lowest BCUT2D eigenvalue weighted by molar-refractivity contribution is -0.136. The number of thiocarbonyl (C=S) groups is 1. The monoisotopic (exact) mass is 474 g/mol. The van der Waals surface area contributed by atoms with Gasteiger partial charge in [0.2, 0.25) is 0 Å². The van der Waals surface area contributed by atoms with Crippen molar-refractivity contribution in [2.24, 2.45) is 0 Å². The molecule has 0 radical (unpaired) electrons. The van der Waals surface area contributed by atoms with Crippen LogP contribution in [-0.4, -0.2) is 35.7 Å². The Kier molecular flexibility index (Phi) is 6.79. The third kappa shape index (κ3) is 4.58. The first-order valence-electron chi connectivity index (χ1n) is 11.0. The highest BCUT2D eigenvalue weighted by molar-refractivity contribution is 7.80. The fraction of sp³-hybridized carbons (Fsp3) is 0.192. The maximum absolute atomic E-state index is 12.6. The maximum Gasteiger partial charge on any atom is 0.337 e. The summed E-state index contributed by atoms with van der Waals surface area (Å²) in [6.45, 7) is 4.47. The van der Waals surface area contributed by atoms with Crippen LogP contribution in [0.1, 0.15) is 25.5 Å². The Morgan fingerprint density at radius 2 is 1.74 bits per heavy atom. The van der Waals surface area contributed by atoms with Crippen LogP contribution in [0.4, 0.5) is 16.2 Å². The molecule has 3 aromatic rings. The molecular formula is C26H26N4O3S. The van der Waals surface area contributed by atoms with E-state index in [2.05, 4.69) is 16.0 Å². The lowest BCUT2D eigenvalue weighted by Gasteiger charge is -2.36. The van der Waals surface area contributed by atoms with Crippen molar-refractivity contribution in [1.29, 1.82) is 0 Å². The molecule has 3 N–H and O–H groups in total. The first kappa shape index (κ1) is 23.3. The Labute approximate surface area is 203 Å². The number of fused-ring (bicyclic) bond motifs is 1. The molecule has 1 aliphatic rings. The molecule has 0 saturated carbocycles. The molecule has 0 fully saturated rings. The van der Waals surface area contributed by atoms with E-state index in [4.69, 9.17) is 17.0 Å². The van der Waals surface area contributed by atoms with Gasteiger partial charge in [-0.2, -0.15) is 0 Å². The summed E-state index contributed by atoms with van der Waals surface area (Å²) < 4.78 is 5.03. The van der Waals surface area contributed by atoms with E-state index in [0.717, 1.165) is 27.7 Å². The van der Waals surface area contributed by atoms with Crippen LogP contribution in [0, 0.1) is 0 Å². The van der Waals surface area contributed by atoms with Crippen LogP contribution < -0.4 is 16.0 Å². The summed E-state index contributed by atoms with van der Waals surface area (Å²) in [5, 5.41) is 11.6. The minimum absolute atomic E-state index is 0.342. The van der Waals surface area contributed by atoms with Crippen LogP contribution in [0.5, 0.6) is 0 Å². The van der Waals surface area contributed by atoms with E-state index in [1.165, 1.54) is 7.11 Å². The number of nitrogens with one attached hydrogen (secondary N) is 3. The van der Waals surface area contributed by atoms with E-state index in [1.54, 1.807) is 12.1 Å². The topological polar surface area (TPSA) is 82.7 Å². The van der Waals surface area contributed by atoms with Crippen LogP contribution in [0.2, 0.25) is 0 Å². The van der Waals surface area contributed by atoms with E-state index in [9.17, 15) is 9.59 Å². The Balaban J connectivity index is 1.52. The fourth-order valence-electron chi connectivity index (χ4n) is 4.16. The van der Waals surface area contributed by atoms with Gasteiger partial charge < -0.3 is 25.6 Å². The number of benzene rings is 3. The highest BCUT2D eigenvalue weighted by Crippen LogP contribution is 2.32. The van der Waals surface area contributed by atoms with Crippen LogP contribution in [0.15, 0.2) is 78.0 Å². The van der Waals surface area contributed by atoms with Crippen LogP contribution >= 0.6 is 12.2 Å². The fourth-order valence-corrected chi connectivity index (χ4v) is 4.55. The Bertz CT molecular complexity index is 1280. The molecule has 0 spiro atoms. The van der Waals surface area contributed by atoms with E-state index in [1.807, 2.05) is 73.3 Å². The number of amides is 2. The molecule has 7 nitrogen and oxygen atoms in total. The molecule has 0 aliphatic carbocycles. The molecule has 1 heterocycles. The third-order valence-electron chi connectivity index (χ3n) is 5.86.